The molecule has 0 bridgehead atoms. The fourth-order valence-corrected chi connectivity index (χ4v) is 2.68. The quantitative estimate of drug-likeness (QED) is 0.927. The van der Waals surface area contributed by atoms with Gasteiger partial charge in [0.2, 0.25) is 0 Å². The van der Waals surface area contributed by atoms with Crippen LogP contribution in [0.3, 0.4) is 0 Å². The molecule has 1 heterocycles. The van der Waals surface area contributed by atoms with E-state index >= 15 is 0 Å². The SMILES string of the molecule is CC(C)SCc1cccc(NC(=O)N2CCOCC2)c1. The third-order valence-electron chi connectivity index (χ3n) is 3.06. The van der Waals surface area contributed by atoms with Gasteiger partial charge in [0.15, 0.2) is 0 Å². The zero-order chi connectivity index (χ0) is 14.4. The molecule has 110 valence electrons. The van der Waals surface area contributed by atoms with Gasteiger partial charge in [-0.1, -0.05) is 26.0 Å². The number of benzene rings is 1. The normalized spacial score (nSPS) is 15.4. The van der Waals surface area contributed by atoms with Crippen molar-refractivity contribution in [1.29, 1.82) is 0 Å². The molecule has 0 aliphatic carbocycles. The summed E-state index contributed by atoms with van der Waals surface area (Å²) in [5, 5.41) is 3.57. The summed E-state index contributed by atoms with van der Waals surface area (Å²) in [6.45, 7) is 6.95. The van der Waals surface area contributed by atoms with Crippen LogP contribution < -0.4 is 5.32 Å². The Labute approximate surface area is 124 Å². The van der Waals surface area contributed by atoms with Crippen molar-refractivity contribution >= 4 is 23.5 Å². The highest BCUT2D eigenvalue weighted by atomic mass is 32.2. The van der Waals surface area contributed by atoms with E-state index < -0.39 is 0 Å². The summed E-state index contributed by atoms with van der Waals surface area (Å²) in [5.74, 6) is 0.971. The van der Waals surface area contributed by atoms with Gasteiger partial charge in [0.05, 0.1) is 13.2 Å². The van der Waals surface area contributed by atoms with Gasteiger partial charge in [-0.05, 0) is 22.9 Å². The van der Waals surface area contributed by atoms with Gasteiger partial charge >= 0.3 is 6.03 Å². The van der Waals surface area contributed by atoms with Crippen molar-refractivity contribution in [3.8, 4) is 0 Å². The first-order valence-electron chi connectivity index (χ1n) is 6.99. The van der Waals surface area contributed by atoms with Crippen LogP contribution in [-0.4, -0.2) is 42.5 Å². The average Bonchev–Trinajstić information content (AvgIpc) is 2.46. The maximum atomic E-state index is 12.1. The van der Waals surface area contributed by atoms with Gasteiger partial charge in [-0.25, -0.2) is 4.79 Å². The average molecular weight is 294 g/mol. The molecule has 0 saturated carbocycles. The zero-order valence-corrected chi connectivity index (χ0v) is 12.9. The maximum Gasteiger partial charge on any atom is 0.321 e. The lowest BCUT2D eigenvalue weighted by molar-refractivity contribution is 0.0564. The van der Waals surface area contributed by atoms with Crippen LogP contribution in [0.15, 0.2) is 24.3 Å². The molecule has 1 N–H and O–H groups in total. The third-order valence-corrected chi connectivity index (χ3v) is 4.23. The monoisotopic (exact) mass is 294 g/mol. The molecule has 1 saturated heterocycles. The van der Waals surface area contributed by atoms with Gasteiger partial charge in [-0.3, -0.25) is 0 Å². The number of nitrogens with zero attached hydrogens (tertiary/aromatic N) is 1. The van der Waals surface area contributed by atoms with Crippen molar-refractivity contribution in [1.82, 2.24) is 4.90 Å². The van der Waals surface area contributed by atoms with Crippen LogP contribution in [0.4, 0.5) is 10.5 Å². The molecule has 1 aliphatic heterocycles. The minimum atomic E-state index is -0.0398. The number of rotatable bonds is 4. The third kappa shape index (κ3) is 4.72. The van der Waals surface area contributed by atoms with Gasteiger partial charge in [-0.15, -0.1) is 0 Å². The Bertz CT molecular complexity index is 445. The number of morpholine rings is 1. The minimum absolute atomic E-state index is 0.0398. The highest BCUT2D eigenvalue weighted by Crippen LogP contribution is 2.20. The Morgan fingerprint density at radius 1 is 1.40 bits per heavy atom. The van der Waals surface area contributed by atoms with Crippen LogP contribution in [0.5, 0.6) is 0 Å². The molecule has 0 atom stereocenters. The van der Waals surface area contributed by atoms with E-state index in [-0.39, 0.29) is 6.03 Å². The molecule has 5 heteroatoms. The number of urea groups is 1. The van der Waals surface area contributed by atoms with Crippen molar-refractivity contribution in [2.75, 3.05) is 31.6 Å². The summed E-state index contributed by atoms with van der Waals surface area (Å²) in [6.07, 6.45) is 0. The first-order chi connectivity index (χ1) is 9.65. The predicted molar refractivity (Wildman–Crippen MR) is 84.3 cm³/mol. The van der Waals surface area contributed by atoms with E-state index in [1.807, 2.05) is 30.0 Å². The number of ether oxygens (including phenoxy) is 1. The van der Waals surface area contributed by atoms with Crippen LogP contribution in [0.25, 0.3) is 0 Å². The lowest BCUT2D eigenvalue weighted by Crippen LogP contribution is -2.43. The lowest BCUT2D eigenvalue weighted by Gasteiger charge is -2.27. The molecule has 0 unspecified atom stereocenters. The van der Waals surface area contributed by atoms with E-state index in [4.69, 9.17) is 4.74 Å². The van der Waals surface area contributed by atoms with E-state index in [2.05, 4.69) is 25.2 Å². The highest BCUT2D eigenvalue weighted by molar-refractivity contribution is 7.99. The Hall–Kier alpha value is -1.20. The van der Waals surface area contributed by atoms with Gasteiger partial charge in [0.1, 0.15) is 0 Å². The summed E-state index contributed by atoms with van der Waals surface area (Å²) in [5.41, 5.74) is 2.10. The molecule has 1 aromatic rings. The maximum absolute atomic E-state index is 12.1. The second-order valence-electron chi connectivity index (χ2n) is 5.09. The van der Waals surface area contributed by atoms with Gasteiger partial charge in [0.25, 0.3) is 0 Å². The largest absolute Gasteiger partial charge is 0.378 e. The molecule has 0 spiro atoms. The van der Waals surface area contributed by atoms with E-state index in [0.29, 0.717) is 31.6 Å². The molecule has 1 aromatic carbocycles. The Balaban J connectivity index is 1.91. The smallest absolute Gasteiger partial charge is 0.321 e. The number of hydrogen-bond acceptors (Lipinski definition) is 3. The second-order valence-corrected chi connectivity index (χ2v) is 6.65. The van der Waals surface area contributed by atoms with Crippen LogP contribution in [0, 0.1) is 0 Å². The van der Waals surface area contributed by atoms with Crippen molar-refractivity contribution in [2.24, 2.45) is 0 Å². The standard InChI is InChI=1S/C15H22N2O2S/c1-12(2)20-11-13-4-3-5-14(10-13)16-15(18)17-6-8-19-9-7-17/h3-5,10,12H,6-9,11H2,1-2H3,(H,16,18). The fraction of sp³-hybridized carbons (Fsp3) is 0.533. The number of anilines is 1. The van der Waals surface area contributed by atoms with Crippen molar-refractivity contribution in [2.45, 2.75) is 24.9 Å². The predicted octanol–water partition coefficient (Wildman–Crippen LogP) is 3.19. The number of nitrogens with one attached hydrogen (secondary N) is 1. The van der Waals surface area contributed by atoms with E-state index in [1.54, 1.807) is 4.90 Å². The molecular weight excluding hydrogens is 272 g/mol. The van der Waals surface area contributed by atoms with Crippen molar-refractivity contribution in [3.63, 3.8) is 0 Å². The van der Waals surface area contributed by atoms with Crippen LogP contribution in [0.2, 0.25) is 0 Å². The fourth-order valence-electron chi connectivity index (χ4n) is 1.97. The second kappa shape index (κ2) is 7.55. The first-order valence-corrected chi connectivity index (χ1v) is 8.04. The molecule has 2 amide bonds. The van der Waals surface area contributed by atoms with Gasteiger partial charge < -0.3 is 15.0 Å². The number of carbonyl (C=O) groups is 1. The number of amides is 2. The first kappa shape index (κ1) is 15.2. The molecule has 1 aliphatic rings. The van der Waals surface area contributed by atoms with E-state index in [9.17, 15) is 4.79 Å². The van der Waals surface area contributed by atoms with Crippen LogP contribution in [0.1, 0.15) is 19.4 Å². The summed E-state index contributed by atoms with van der Waals surface area (Å²) < 4.78 is 5.25. The van der Waals surface area contributed by atoms with Gasteiger partial charge in [-0.2, -0.15) is 11.8 Å². The van der Waals surface area contributed by atoms with Crippen molar-refractivity contribution < 1.29 is 9.53 Å². The van der Waals surface area contributed by atoms with E-state index in [1.165, 1.54) is 5.56 Å². The highest BCUT2D eigenvalue weighted by Gasteiger charge is 2.16. The minimum Gasteiger partial charge on any atom is -0.378 e. The summed E-state index contributed by atoms with van der Waals surface area (Å²) >= 11 is 1.90. The number of carbonyl (C=O) groups excluding carboxylic acids is 1. The summed E-state index contributed by atoms with van der Waals surface area (Å²) in [6, 6.07) is 8.03. The van der Waals surface area contributed by atoms with Gasteiger partial charge in [0, 0.05) is 24.5 Å². The molecule has 2 rings (SSSR count). The molecule has 1 fully saturated rings. The van der Waals surface area contributed by atoms with E-state index in [0.717, 1.165) is 11.4 Å². The summed E-state index contributed by atoms with van der Waals surface area (Å²) in [7, 11) is 0. The van der Waals surface area contributed by atoms with Crippen LogP contribution >= 0.6 is 11.8 Å². The number of hydrogen-bond donors (Lipinski definition) is 1. The molecule has 0 radical (unpaired) electrons. The number of thioether (sulfide) groups is 1. The topological polar surface area (TPSA) is 41.6 Å². The Kier molecular flexibility index (Phi) is 5.73. The van der Waals surface area contributed by atoms with Crippen LogP contribution in [-0.2, 0) is 10.5 Å². The molecule has 20 heavy (non-hydrogen) atoms. The molecular formula is C15H22N2O2S. The lowest BCUT2D eigenvalue weighted by atomic mass is 10.2. The molecule has 4 nitrogen and oxygen atoms in total. The summed E-state index contributed by atoms with van der Waals surface area (Å²) in [4.78, 5) is 13.9. The Morgan fingerprint density at radius 2 is 2.15 bits per heavy atom. The zero-order valence-electron chi connectivity index (χ0n) is 12.1. The Morgan fingerprint density at radius 3 is 2.85 bits per heavy atom. The molecule has 0 aromatic heterocycles. The van der Waals surface area contributed by atoms with Crippen molar-refractivity contribution in [3.05, 3.63) is 29.8 Å².